The number of fused-ring (bicyclic) bond motifs is 1. The van der Waals surface area contributed by atoms with Crippen molar-refractivity contribution in [1.29, 1.82) is 0 Å². The van der Waals surface area contributed by atoms with Gasteiger partial charge in [0.2, 0.25) is 11.9 Å². The average Bonchev–Trinajstić information content (AvgIpc) is 2.69. The minimum atomic E-state index is -0.363. The number of rotatable bonds is 1. The van der Waals surface area contributed by atoms with E-state index in [1.807, 2.05) is 4.57 Å². The summed E-state index contributed by atoms with van der Waals surface area (Å²) in [5.74, 6) is 0.125. The second kappa shape index (κ2) is 4.73. The van der Waals surface area contributed by atoms with Crippen LogP contribution in [0, 0.1) is 5.82 Å². The number of anilines is 1. The number of nitrogen functional groups attached to an aromatic ring is 1. The van der Waals surface area contributed by atoms with Crippen molar-refractivity contribution in [3.63, 3.8) is 0 Å². The Balaban J connectivity index is 2.09. The number of carbonyl (C=O) groups excluding carboxylic acids is 1. The van der Waals surface area contributed by atoms with E-state index in [0.717, 1.165) is 5.52 Å². The van der Waals surface area contributed by atoms with Crippen molar-refractivity contribution in [2.75, 3.05) is 19.3 Å². The molecule has 0 spiro atoms. The Morgan fingerprint density at radius 2 is 2.25 bits per heavy atom. The molecule has 1 saturated heterocycles. The van der Waals surface area contributed by atoms with E-state index in [0.29, 0.717) is 35.3 Å². The molecule has 1 aromatic heterocycles. The Hall–Kier alpha value is -1.63. The zero-order valence-corrected chi connectivity index (χ0v) is 12.5. The standard InChI is InChI=1S/C13H14BrFN4O/c1-18-6-7(2-3-12(18)20)19-11-4-8(14)9(15)5-10(11)17-13(19)16/h4-5,7H,2-3,6H2,1H3,(H2,16,17). The largest absolute Gasteiger partial charge is 0.369 e. The Morgan fingerprint density at radius 1 is 1.50 bits per heavy atom. The van der Waals surface area contributed by atoms with Crippen LogP contribution in [-0.4, -0.2) is 34.0 Å². The van der Waals surface area contributed by atoms with Gasteiger partial charge in [0.25, 0.3) is 0 Å². The lowest BCUT2D eigenvalue weighted by Crippen LogP contribution is -2.38. The molecule has 1 fully saturated rings. The fourth-order valence-electron chi connectivity index (χ4n) is 2.69. The maximum Gasteiger partial charge on any atom is 0.222 e. The number of hydrogen-bond acceptors (Lipinski definition) is 3. The molecule has 0 saturated carbocycles. The summed E-state index contributed by atoms with van der Waals surface area (Å²) in [5, 5.41) is 0. The van der Waals surface area contributed by atoms with Crippen molar-refractivity contribution in [3.05, 3.63) is 22.4 Å². The number of likely N-dealkylation sites (tertiary alicyclic amines) is 1. The third-order valence-corrected chi connectivity index (χ3v) is 4.33. The molecule has 0 radical (unpaired) electrons. The van der Waals surface area contributed by atoms with Crippen LogP contribution < -0.4 is 5.73 Å². The van der Waals surface area contributed by atoms with Crippen molar-refractivity contribution < 1.29 is 9.18 Å². The summed E-state index contributed by atoms with van der Waals surface area (Å²) in [6.07, 6.45) is 1.20. The van der Waals surface area contributed by atoms with Gasteiger partial charge in [-0.1, -0.05) is 0 Å². The lowest BCUT2D eigenvalue weighted by Gasteiger charge is -2.31. The first-order chi connectivity index (χ1) is 9.47. The summed E-state index contributed by atoms with van der Waals surface area (Å²) < 4.78 is 15.8. The molecule has 0 aliphatic carbocycles. The third kappa shape index (κ3) is 2.06. The summed E-state index contributed by atoms with van der Waals surface area (Å²) in [5.41, 5.74) is 7.29. The predicted octanol–water partition coefficient (Wildman–Crippen LogP) is 2.31. The van der Waals surface area contributed by atoms with Gasteiger partial charge < -0.3 is 15.2 Å². The highest BCUT2D eigenvalue weighted by Crippen LogP contribution is 2.31. The first-order valence-electron chi connectivity index (χ1n) is 6.34. The van der Waals surface area contributed by atoms with Crippen molar-refractivity contribution in [2.24, 2.45) is 0 Å². The van der Waals surface area contributed by atoms with Crippen molar-refractivity contribution in [1.82, 2.24) is 14.5 Å². The number of aromatic nitrogens is 2. The van der Waals surface area contributed by atoms with Gasteiger partial charge in [0, 0.05) is 26.1 Å². The molecule has 2 N–H and O–H groups in total. The van der Waals surface area contributed by atoms with E-state index in [1.165, 1.54) is 6.07 Å². The number of carbonyl (C=O) groups is 1. The van der Waals surface area contributed by atoms with Crippen LogP contribution in [-0.2, 0) is 4.79 Å². The zero-order valence-electron chi connectivity index (χ0n) is 10.9. The number of imidazole rings is 1. The van der Waals surface area contributed by atoms with E-state index in [-0.39, 0.29) is 17.8 Å². The Bertz CT molecular complexity index is 699. The monoisotopic (exact) mass is 340 g/mol. The molecule has 1 aliphatic rings. The van der Waals surface area contributed by atoms with Gasteiger partial charge >= 0.3 is 0 Å². The Labute approximate surface area is 123 Å². The minimum Gasteiger partial charge on any atom is -0.369 e. The van der Waals surface area contributed by atoms with Gasteiger partial charge in [0.05, 0.1) is 21.5 Å². The quantitative estimate of drug-likeness (QED) is 0.866. The fraction of sp³-hybridized carbons (Fsp3) is 0.385. The molecular formula is C13H14BrFN4O. The number of halogens is 2. The van der Waals surface area contributed by atoms with Crippen molar-refractivity contribution in [2.45, 2.75) is 18.9 Å². The van der Waals surface area contributed by atoms with Gasteiger partial charge in [-0.2, -0.15) is 0 Å². The molecule has 7 heteroatoms. The van der Waals surface area contributed by atoms with E-state index >= 15 is 0 Å². The number of hydrogen-bond donors (Lipinski definition) is 1. The fourth-order valence-corrected chi connectivity index (χ4v) is 3.03. The molecule has 20 heavy (non-hydrogen) atoms. The van der Waals surface area contributed by atoms with Crippen LogP contribution in [0.15, 0.2) is 16.6 Å². The summed E-state index contributed by atoms with van der Waals surface area (Å²) in [4.78, 5) is 17.5. The summed E-state index contributed by atoms with van der Waals surface area (Å²) in [6.45, 7) is 0.587. The molecule has 0 bridgehead atoms. The lowest BCUT2D eigenvalue weighted by molar-refractivity contribution is -0.132. The smallest absolute Gasteiger partial charge is 0.222 e. The number of nitrogens with two attached hydrogens (primary N) is 1. The van der Waals surface area contributed by atoms with Crippen LogP contribution in [0.5, 0.6) is 0 Å². The lowest BCUT2D eigenvalue weighted by atomic mass is 10.1. The van der Waals surface area contributed by atoms with Gasteiger partial charge in [-0.3, -0.25) is 4.79 Å². The minimum absolute atomic E-state index is 0.0695. The van der Waals surface area contributed by atoms with Crippen LogP contribution >= 0.6 is 15.9 Å². The topological polar surface area (TPSA) is 64.2 Å². The van der Waals surface area contributed by atoms with Crippen LogP contribution in [0.2, 0.25) is 0 Å². The number of likely N-dealkylation sites (N-methyl/N-ethyl adjacent to an activating group) is 1. The van der Waals surface area contributed by atoms with Gasteiger partial charge in [-0.25, -0.2) is 9.37 Å². The van der Waals surface area contributed by atoms with Crippen molar-refractivity contribution in [3.8, 4) is 0 Å². The first kappa shape index (κ1) is 13.4. The first-order valence-corrected chi connectivity index (χ1v) is 7.13. The van der Waals surface area contributed by atoms with Crippen LogP contribution in [0.3, 0.4) is 0 Å². The molecular weight excluding hydrogens is 327 g/mol. The van der Waals surface area contributed by atoms with Gasteiger partial charge in [0.15, 0.2) is 0 Å². The number of amides is 1. The van der Waals surface area contributed by atoms with Gasteiger partial charge in [-0.15, -0.1) is 0 Å². The van der Waals surface area contributed by atoms with Crippen LogP contribution in [0.4, 0.5) is 10.3 Å². The molecule has 1 aromatic carbocycles. The highest BCUT2D eigenvalue weighted by atomic mass is 79.9. The molecule has 106 valence electrons. The predicted molar refractivity (Wildman–Crippen MR) is 77.7 cm³/mol. The zero-order chi connectivity index (χ0) is 14.4. The van der Waals surface area contributed by atoms with Crippen LogP contribution in [0.25, 0.3) is 11.0 Å². The third-order valence-electron chi connectivity index (χ3n) is 3.73. The highest BCUT2D eigenvalue weighted by Gasteiger charge is 2.27. The molecule has 1 amide bonds. The summed E-state index contributed by atoms with van der Waals surface area (Å²) in [7, 11) is 1.78. The number of benzene rings is 1. The molecule has 2 heterocycles. The maximum absolute atomic E-state index is 13.6. The van der Waals surface area contributed by atoms with E-state index in [1.54, 1.807) is 18.0 Å². The Kier molecular flexibility index (Phi) is 3.16. The van der Waals surface area contributed by atoms with Gasteiger partial charge in [-0.05, 0) is 28.4 Å². The second-order valence-electron chi connectivity index (χ2n) is 5.06. The van der Waals surface area contributed by atoms with Gasteiger partial charge in [0.1, 0.15) is 5.82 Å². The van der Waals surface area contributed by atoms with E-state index < -0.39 is 0 Å². The Morgan fingerprint density at radius 3 is 2.95 bits per heavy atom. The summed E-state index contributed by atoms with van der Waals surface area (Å²) in [6, 6.07) is 3.12. The van der Waals surface area contributed by atoms with E-state index in [4.69, 9.17) is 5.73 Å². The summed E-state index contributed by atoms with van der Waals surface area (Å²) >= 11 is 3.18. The highest BCUT2D eigenvalue weighted by molar-refractivity contribution is 9.10. The molecule has 1 atom stereocenters. The molecule has 3 rings (SSSR count). The maximum atomic E-state index is 13.6. The molecule has 5 nitrogen and oxygen atoms in total. The van der Waals surface area contributed by atoms with E-state index in [9.17, 15) is 9.18 Å². The van der Waals surface area contributed by atoms with Crippen molar-refractivity contribution >= 4 is 38.8 Å². The van der Waals surface area contributed by atoms with Crippen LogP contribution in [0.1, 0.15) is 18.9 Å². The number of piperidine rings is 1. The second-order valence-corrected chi connectivity index (χ2v) is 5.92. The van der Waals surface area contributed by atoms with E-state index in [2.05, 4.69) is 20.9 Å². The normalized spacial score (nSPS) is 19.9. The molecule has 1 aliphatic heterocycles. The molecule has 1 unspecified atom stereocenters. The molecule has 2 aromatic rings. The number of nitrogens with zero attached hydrogens (tertiary/aromatic N) is 3. The SMILES string of the molecule is CN1CC(n2c(N)nc3cc(F)c(Br)cc32)CCC1=O. The average molecular weight is 341 g/mol.